The van der Waals surface area contributed by atoms with Crippen LogP contribution in [0.3, 0.4) is 0 Å². The number of methoxy groups -OCH3 is 1. The van der Waals surface area contributed by atoms with E-state index in [1.165, 1.54) is 18.2 Å². The number of hydrogen-bond donors (Lipinski definition) is 1. The second-order valence-electron chi connectivity index (χ2n) is 6.70. The standard InChI is InChI=1S/C21H27FN2O4S/c1-28-18-10-5-8-17(16-18)9-6-14-23-21(25)13-7-15-24(29(2,26)27)20-12-4-3-11-19(20)22/h3-5,8,10-12,16H,6-7,9,13-15H2,1-2H3,(H,23,25). The van der Waals surface area contributed by atoms with Gasteiger partial charge in [0, 0.05) is 19.5 Å². The second kappa shape index (κ2) is 10.8. The summed E-state index contributed by atoms with van der Waals surface area (Å²) in [6, 6.07) is 13.5. The van der Waals surface area contributed by atoms with E-state index in [2.05, 4.69) is 5.32 Å². The van der Waals surface area contributed by atoms with Crippen LogP contribution in [0.5, 0.6) is 5.75 Å². The number of halogens is 1. The summed E-state index contributed by atoms with van der Waals surface area (Å²) in [7, 11) is -2.02. The molecule has 0 radical (unpaired) electrons. The lowest BCUT2D eigenvalue weighted by Crippen LogP contribution is -2.33. The number of carbonyl (C=O) groups is 1. The molecule has 0 aliphatic heterocycles. The molecule has 6 nitrogen and oxygen atoms in total. The SMILES string of the molecule is COc1cccc(CCCNC(=O)CCCN(c2ccccc2F)S(C)(=O)=O)c1. The molecule has 0 bridgehead atoms. The molecule has 0 aliphatic rings. The lowest BCUT2D eigenvalue weighted by atomic mass is 10.1. The number of ether oxygens (including phenoxy) is 1. The summed E-state index contributed by atoms with van der Waals surface area (Å²) in [5, 5.41) is 2.83. The van der Waals surface area contributed by atoms with Crippen molar-refractivity contribution in [2.45, 2.75) is 25.7 Å². The first-order valence-corrected chi connectivity index (χ1v) is 11.3. The first-order chi connectivity index (χ1) is 13.8. The minimum absolute atomic E-state index is 0.00584. The van der Waals surface area contributed by atoms with Crippen LogP contribution in [0, 0.1) is 5.82 Å². The molecule has 8 heteroatoms. The van der Waals surface area contributed by atoms with E-state index in [4.69, 9.17) is 4.74 Å². The molecule has 0 saturated heterocycles. The zero-order valence-electron chi connectivity index (χ0n) is 16.7. The number of nitrogens with zero attached hydrogens (tertiary/aromatic N) is 1. The van der Waals surface area contributed by atoms with Gasteiger partial charge in [0.15, 0.2) is 0 Å². The van der Waals surface area contributed by atoms with E-state index in [1.807, 2.05) is 24.3 Å². The average molecular weight is 423 g/mol. The zero-order chi connectivity index (χ0) is 21.3. The molecule has 1 amide bonds. The molecule has 158 valence electrons. The highest BCUT2D eigenvalue weighted by Gasteiger charge is 2.20. The predicted octanol–water partition coefficient (Wildman–Crippen LogP) is 3.13. The molecule has 0 aromatic heterocycles. The van der Waals surface area contributed by atoms with Crippen molar-refractivity contribution in [3.63, 3.8) is 0 Å². The lowest BCUT2D eigenvalue weighted by molar-refractivity contribution is -0.121. The number of amides is 1. The highest BCUT2D eigenvalue weighted by atomic mass is 32.2. The van der Waals surface area contributed by atoms with Gasteiger partial charge in [-0.15, -0.1) is 0 Å². The summed E-state index contributed by atoms with van der Waals surface area (Å²) in [6.45, 7) is 0.566. The molecule has 2 rings (SSSR count). The Kier molecular flexibility index (Phi) is 8.45. The van der Waals surface area contributed by atoms with Crippen LogP contribution in [-0.4, -0.2) is 40.8 Å². The van der Waals surface area contributed by atoms with Crippen LogP contribution in [0.25, 0.3) is 0 Å². The van der Waals surface area contributed by atoms with Crippen LogP contribution in [0.15, 0.2) is 48.5 Å². The van der Waals surface area contributed by atoms with E-state index >= 15 is 0 Å². The van der Waals surface area contributed by atoms with Gasteiger partial charge in [-0.05, 0) is 49.1 Å². The Morgan fingerprint density at radius 2 is 1.90 bits per heavy atom. The average Bonchev–Trinajstić information content (AvgIpc) is 2.69. The van der Waals surface area contributed by atoms with E-state index in [1.54, 1.807) is 13.2 Å². The summed E-state index contributed by atoms with van der Waals surface area (Å²) < 4.78 is 44.1. The first-order valence-electron chi connectivity index (χ1n) is 9.43. The largest absolute Gasteiger partial charge is 0.497 e. The monoisotopic (exact) mass is 422 g/mol. The van der Waals surface area contributed by atoms with Crippen LogP contribution < -0.4 is 14.4 Å². The van der Waals surface area contributed by atoms with Crippen molar-refractivity contribution in [1.29, 1.82) is 0 Å². The van der Waals surface area contributed by atoms with Crippen molar-refractivity contribution in [3.05, 3.63) is 59.9 Å². The van der Waals surface area contributed by atoms with Gasteiger partial charge >= 0.3 is 0 Å². The molecule has 0 fully saturated rings. The molecule has 0 unspecified atom stereocenters. The topological polar surface area (TPSA) is 75.7 Å². The molecule has 0 atom stereocenters. The van der Waals surface area contributed by atoms with Crippen LogP contribution >= 0.6 is 0 Å². The van der Waals surface area contributed by atoms with Gasteiger partial charge in [0.05, 0.1) is 19.1 Å². The third-order valence-electron chi connectivity index (χ3n) is 4.39. The van der Waals surface area contributed by atoms with Crippen molar-refractivity contribution in [1.82, 2.24) is 5.32 Å². The molecule has 2 aromatic rings. The van der Waals surface area contributed by atoms with Crippen molar-refractivity contribution < 1.29 is 22.3 Å². The van der Waals surface area contributed by atoms with E-state index < -0.39 is 15.8 Å². The Balaban J connectivity index is 1.75. The highest BCUT2D eigenvalue weighted by Crippen LogP contribution is 2.21. The summed E-state index contributed by atoms with van der Waals surface area (Å²) in [6.07, 6.45) is 3.08. The Morgan fingerprint density at radius 3 is 2.59 bits per heavy atom. The molecular weight excluding hydrogens is 395 g/mol. The van der Waals surface area contributed by atoms with Crippen molar-refractivity contribution in [2.75, 3.05) is 30.8 Å². The molecular formula is C21H27FN2O4S. The van der Waals surface area contributed by atoms with Crippen molar-refractivity contribution in [2.24, 2.45) is 0 Å². The van der Waals surface area contributed by atoms with Crippen molar-refractivity contribution in [3.8, 4) is 5.75 Å². The smallest absolute Gasteiger partial charge is 0.232 e. The number of carbonyl (C=O) groups excluding carboxylic acids is 1. The van der Waals surface area contributed by atoms with E-state index in [-0.39, 0.29) is 24.6 Å². The highest BCUT2D eigenvalue weighted by molar-refractivity contribution is 7.92. The van der Waals surface area contributed by atoms with E-state index in [0.717, 1.165) is 34.7 Å². The predicted molar refractivity (Wildman–Crippen MR) is 112 cm³/mol. The minimum atomic E-state index is -3.64. The summed E-state index contributed by atoms with van der Waals surface area (Å²) >= 11 is 0. The number of nitrogens with one attached hydrogen (secondary N) is 1. The van der Waals surface area contributed by atoms with Gasteiger partial charge < -0.3 is 10.1 Å². The fourth-order valence-corrected chi connectivity index (χ4v) is 3.90. The van der Waals surface area contributed by atoms with Gasteiger partial charge in [-0.3, -0.25) is 9.10 Å². The van der Waals surface area contributed by atoms with Gasteiger partial charge in [-0.1, -0.05) is 24.3 Å². The summed E-state index contributed by atoms with van der Waals surface area (Å²) in [5.74, 6) is 0.0364. The third-order valence-corrected chi connectivity index (χ3v) is 5.56. The number of aryl methyl sites for hydroxylation is 1. The van der Waals surface area contributed by atoms with Gasteiger partial charge in [0.2, 0.25) is 15.9 Å². The van der Waals surface area contributed by atoms with Gasteiger partial charge in [-0.25, -0.2) is 12.8 Å². The number of sulfonamides is 1. The normalized spacial score (nSPS) is 11.1. The Bertz CT molecular complexity index is 918. The molecule has 1 N–H and O–H groups in total. The molecule has 0 spiro atoms. The molecule has 2 aromatic carbocycles. The molecule has 0 aliphatic carbocycles. The Hall–Kier alpha value is -2.61. The van der Waals surface area contributed by atoms with Crippen LogP contribution in [0.2, 0.25) is 0 Å². The third kappa shape index (κ3) is 7.38. The van der Waals surface area contributed by atoms with Crippen molar-refractivity contribution >= 4 is 21.6 Å². The fourth-order valence-electron chi connectivity index (χ4n) is 2.94. The quantitative estimate of drug-likeness (QED) is 0.565. The van der Waals surface area contributed by atoms with Crippen LogP contribution in [0.1, 0.15) is 24.8 Å². The summed E-state index contributed by atoms with van der Waals surface area (Å²) in [4.78, 5) is 12.0. The van der Waals surface area contributed by atoms with Gasteiger partial charge in [0.1, 0.15) is 11.6 Å². The first kappa shape index (κ1) is 22.7. The van der Waals surface area contributed by atoms with E-state index in [0.29, 0.717) is 13.0 Å². The minimum Gasteiger partial charge on any atom is -0.497 e. The Labute approximate surface area is 171 Å². The van der Waals surface area contributed by atoms with Crippen LogP contribution in [-0.2, 0) is 21.2 Å². The zero-order valence-corrected chi connectivity index (χ0v) is 17.5. The lowest BCUT2D eigenvalue weighted by Gasteiger charge is -2.22. The molecule has 29 heavy (non-hydrogen) atoms. The maximum absolute atomic E-state index is 14.0. The van der Waals surface area contributed by atoms with Gasteiger partial charge in [0.25, 0.3) is 0 Å². The number of anilines is 1. The maximum atomic E-state index is 14.0. The summed E-state index contributed by atoms with van der Waals surface area (Å²) in [5.41, 5.74) is 1.13. The number of rotatable bonds is 11. The second-order valence-corrected chi connectivity index (χ2v) is 8.60. The number of hydrogen-bond acceptors (Lipinski definition) is 4. The van der Waals surface area contributed by atoms with Gasteiger partial charge in [-0.2, -0.15) is 0 Å². The molecule has 0 heterocycles. The number of benzene rings is 2. The van der Waals surface area contributed by atoms with Crippen LogP contribution in [0.4, 0.5) is 10.1 Å². The molecule has 0 saturated carbocycles. The fraction of sp³-hybridized carbons (Fsp3) is 0.381. The maximum Gasteiger partial charge on any atom is 0.232 e. The van der Waals surface area contributed by atoms with E-state index in [9.17, 15) is 17.6 Å². The number of para-hydroxylation sites is 1. The Morgan fingerprint density at radius 1 is 1.14 bits per heavy atom.